The number of carbonyl (C=O) groups excluding carboxylic acids is 1. The molecule has 18 heteroatoms. The van der Waals surface area contributed by atoms with Crippen LogP contribution in [0, 0.1) is 13.8 Å². The van der Waals surface area contributed by atoms with Gasteiger partial charge in [0.2, 0.25) is 11.9 Å². The third-order valence-corrected chi connectivity index (χ3v) is 9.31. The van der Waals surface area contributed by atoms with Gasteiger partial charge in [-0.15, -0.1) is 22.7 Å². The van der Waals surface area contributed by atoms with Gasteiger partial charge in [-0.25, -0.2) is 24.7 Å². The average molecular weight is 794 g/mol. The molecule has 6 heterocycles. The predicted molar refractivity (Wildman–Crippen MR) is 219 cm³/mol. The van der Waals surface area contributed by atoms with Crippen LogP contribution in [0.3, 0.4) is 0 Å². The van der Waals surface area contributed by atoms with Crippen LogP contribution >= 0.6 is 22.7 Å². The molecule has 0 aliphatic heterocycles. The lowest BCUT2D eigenvalue weighted by atomic mass is 10.1. The molecule has 55 heavy (non-hydrogen) atoms. The minimum Gasteiger partial charge on any atom is -0.476 e. The van der Waals surface area contributed by atoms with E-state index < -0.39 is 12.1 Å². The molecule has 7 N–H and O–H groups in total. The van der Waals surface area contributed by atoms with E-state index in [0.717, 1.165) is 21.1 Å². The number of carbonyl (C=O) groups is 2. The maximum Gasteiger partial charge on any atom is 0.356 e. The Morgan fingerprint density at radius 2 is 1.16 bits per heavy atom. The Morgan fingerprint density at radius 1 is 0.727 bits per heavy atom. The summed E-state index contributed by atoms with van der Waals surface area (Å²) in [7, 11) is 0. The first kappa shape index (κ1) is 46.0. The van der Waals surface area contributed by atoms with Crippen molar-refractivity contribution in [3.8, 4) is 0 Å². The molecule has 0 aromatic carbocycles. The van der Waals surface area contributed by atoms with Crippen molar-refractivity contribution in [3.05, 3.63) is 81.6 Å². The molecule has 296 valence electrons. The van der Waals surface area contributed by atoms with Crippen LogP contribution in [0.2, 0.25) is 0 Å². The number of ketones is 1. The van der Waals surface area contributed by atoms with Gasteiger partial charge in [-0.3, -0.25) is 14.8 Å². The van der Waals surface area contributed by atoms with E-state index >= 15 is 0 Å². The van der Waals surface area contributed by atoms with Gasteiger partial charge in [-0.05, 0) is 71.2 Å². The topological polar surface area (TPSA) is 248 Å². The summed E-state index contributed by atoms with van der Waals surface area (Å²) in [6.45, 7) is 11.3. The molecule has 0 fully saturated rings. The summed E-state index contributed by atoms with van der Waals surface area (Å²) in [5.41, 5.74) is 8.12. The van der Waals surface area contributed by atoms with Crippen molar-refractivity contribution >= 4 is 67.0 Å². The number of nitrogens with zero attached hydrogens (tertiary/aromatic N) is 8. The Labute approximate surface area is 328 Å². The number of aromatic nitrogens is 8. The summed E-state index contributed by atoms with van der Waals surface area (Å²) in [6, 6.07) is 7.42. The number of carboxylic acids is 1. The first-order valence-corrected chi connectivity index (χ1v) is 18.3. The van der Waals surface area contributed by atoms with Gasteiger partial charge in [-0.1, -0.05) is 27.0 Å². The van der Waals surface area contributed by atoms with E-state index in [4.69, 9.17) is 10.8 Å². The number of hydrogen-bond acceptors (Lipinski definition) is 17. The molecule has 0 aliphatic carbocycles. The van der Waals surface area contributed by atoms with E-state index in [-0.39, 0.29) is 56.9 Å². The van der Waals surface area contributed by atoms with Gasteiger partial charge in [0.1, 0.15) is 15.1 Å². The second kappa shape index (κ2) is 21.7. The number of anilines is 2. The molecule has 0 saturated heterocycles. The number of aromatic carboxylic acids is 1. The summed E-state index contributed by atoms with van der Waals surface area (Å²) in [5.74, 6) is -0.599. The van der Waals surface area contributed by atoms with Crippen molar-refractivity contribution in [2.45, 2.75) is 93.5 Å². The summed E-state index contributed by atoms with van der Waals surface area (Å²) < 4.78 is 1.18. The molecule has 0 saturated carbocycles. The van der Waals surface area contributed by atoms with Crippen LogP contribution in [0.4, 0.5) is 11.9 Å². The number of thiazole rings is 2. The van der Waals surface area contributed by atoms with E-state index in [0.29, 0.717) is 45.3 Å². The molecule has 6 aromatic rings. The zero-order valence-corrected chi connectivity index (χ0v) is 31.8. The highest BCUT2D eigenvalue weighted by atomic mass is 32.1. The van der Waals surface area contributed by atoms with Crippen LogP contribution in [0.5, 0.6) is 0 Å². The summed E-state index contributed by atoms with van der Waals surface area (Å²) in [6.07, 6.45) is 6.70. The number of hydrogen-bond donors (Lipinski definition) is 6. The van der Waals surface area contributed by atoms with Gasteiger partial charge in [0, 0.05) is 37.8 Å². The van der Waals surface area contributed by atoms with E-state index in [9.17, 15) is 19.8 Å². The Hall–Kier alpha value is -5.14. The van der Waals surface area contributed by atoms with E-state index in [2.05, 4.69) is 50.5 Å². The Kier molecular flexibility index (Phi) is 18.1. The number of Topliss-reactive ketones (excluding diaryl/α,β-unsaturated/α-hetero) is 1. The smallest absolute Gasteiger partial charge is 0.356 e. The Bertz CT molecular complexity index is 2110. The molecule has 16 nitrogen and oxygen atoms in total. The molecule has 6 aromatic heterocycles. The molecule has 6 rings (SSSR count). The van der Waals surface area contributed by atoms with Gasteiger partial charge >= 0.3 is 5.97 Å². The quantitative estimate of drug-likeness (QED) is 0.0717. The number of aryl methyl sites for hydroxylation is 2. The number of fused-ring (bicyclic) bond motifs is 2. The molecule has 0 amide bonds. The van der Waals surface area contributed by atoms with Gasteiger partial charge < -0.3 is 31.7 Å². The number of nitrogens with one attached hydrogen (secondary N) is 2. The molecule has 0 radical (unpaired) electrons. The normalized spacial score (nSPS) is 12.7. The highest BCUT2D eigenvalue weighted by Crippen LogP contribution is 2.28. The molecular weight excluding hydrogens is 743 g/mol. The Balaban J connectivity index is 0.000000331. The van der Waals surface area contributed by atoms with Crippen molar-refractivity contribution < 1.29 is 24.9 Å². The van der Waals surface area contributed by atoms with Crippen molar-refractivity contribution in [2.75, 3.05) is 17.2 Å². The van der Waals surface area contributed by atoms with Crippen LogP contribution in [-0.4, -0.2) is 85.7 Å². The molecule has 0 aliphatic rings. The zero-order chi connectivity index (χ0) is 38.7. The average Bonchev–Trinajstić information content (AvgIpc) is 3.71. The summed E-state index contributed by atoms with van der Waals surface area (Å²) in [4.78, 5) is 58.2. The fourth-order valence-electron chi connectivity index (χ4n) is 4.60. The Morgan fingerprint density at radius 3 is 1.55 bits per heavy atom. The lowest BCUT2D eigenvalue weighted by Gasteiger charge is -2.14. The number of carboxylic acid groups (broad SMARTS) is 1. The monoisotopic (exact) mass is 793 g/mol. The van der Waals surface area contributed by atoms with Crippen LogP contribution in [0.1, 0.15) is 110 Å². The number of nitrogens with two attached hydrogens (primary N) is 1. The number of aliphatic hydroxyl groups excluding tert-OH is 2. The van der Waals surface area contributed by atoms with Crippen molar-refractivity contribution in [1.29, 1.82) is 0 Å². The van der Waals surface area contributed by atoms with Gasteiger partial charge in [0.15, 0.2) is 22.8 Å². The highest BCUT2D eigenvalue weighted by molar-refractivity contribution is 7.19. The number of aliphatic hydroxyl groups is 2. The number of pyridine rings is 2. The lowest BCUT2D eigenvalue weighted by molar-refractivity contribution is 0.0692. The van der Waals surface area contributed by atoms with Crippen molar-refractivity contribution in [2.24, 2.45) is 5.73 Å². The largest absolute Gasteiger partial charge is 0.476 e. The van der Waals surface area contributed by atoms with Gasteiger partial charge in [0.25, 0.3) is 0 Å². The van der Waals surface area contributed by atoms with Crippen LogP contribution in [0.25, 0.3) is 20.7 Å². The van der Waals surface area contributed by atoms with Crippen molar-refractivity contribution in [3.63, 3.8) is 0 Å². The predicted octanol–water partition coefficient (Wildman–Crippen LogP) is 6.57. The van der Waals surface area contributed by atoms with Crippen LogP contribution in [0.15, 0.2) is 49.1 Å². The first-order valence-electron chi connectivity index (χ1n) is 16.7. The fourth-order valence-corrected chi connectivity index (χ4v) is 6.30. The van der Waals surface area contributed by atoms with Crippen LogP contribution in [-0.2, 0) is 0 Å². The van der Waals surface area contributed by atoms with E-state index in [1.165, 1.54) is 22.7 Å². The third kappa shape index (κ3) is 13.3. The summed E-state index contributed by atoms with van der Waals surface area (Å²) >= 11 is 2.68. The first-order chi connectivity index (χ1) is 25.2. The number of rotatable bonds is 12. The van der Waals surface area contributed by atoms with E-state index in [1.807, 2.05) is 52.0 Å². The second-order valence-electron chi connectivity index (χ2n) is 12.1. The van der Waals surface area contributed by atoms with E-state index in [1.54, 1.807) is 38.6 Å². The molecule has 0 bridgehead atoms. The minimum absolute atomic E-state index is 0. The minimum atomic E-state index is -1.09. The highest BCUT2D eigenvalue weighted by Gasteiger charge is 2.21. The van der Waals surface area contributed by atoms with Gasteiger partial charge in [-0.2, -0.15) is 9.97 Å². The maximum absolute atomic E-state index is 12.6. The molecule has 0 spiro atoms. The maximum atomic E-state index is 12.6. The zero-order valence-electron chi connectivity index (χ0n) is 30.2. The third-order valence-electron chi connectivity index (χ3n) is 7.38. The molecular formula is C37H51N11O5S2. The van der Waals surface area contributed by atoms with Gasteiger partial charge in [0.05, 0.1) is 34.3 Å². The SMILES string of the molecule is C.C.C[C@H](O)CN.Cc1nc2nc(N[C@@H](C)c3cccnc3)nc(C(=O)CC[C@H](C)O)c2s1.Cc1nc2nc(N[C@@H](C)c3cccnc3)nc(C(=O)O)c2s1. The lowest BCUT2D eigenvalue weighted by Crippen LogP contribution is -2.14. The molecule has 0 unspecified atom stereocenters. The van der Waals surface area contributed by atoms with Crippen LogP contribution < -0.4 is 16.4 Å². The standard InChI is InChI=1S/C18H21N5O2S.C14H13N5O2S.C3H9NO.2CH4/c1-10(24)6-7-14(25)15-16-17(21-12(3)26-16)23-18(22-15)20-11(2)13-5-4-8-19-9-13;1-7(9-4-3-5-15-6-9)16-14-18-10(13(20)21)11-12(19-14)17-8(2)22-11;1-3(5)2-4;;/h4-5,8-11,24H,6-7H2,1-3H3,(H,20,22,23);3-7H,1-2H3,(H,20,21)(H,16,18,19);3,5H,2,4H2,1H3;2*1H4/t10-,11-;7-;3-;;/m000../s1. The molecule has 4 atom stereocenters. The second-order valence-corrected chi connectivity index (χ2v) is 14.5. The summed E-state index contributed by atoms with van der Waals surface area (Å²) in [5, 5.41) is 34.9. The fraction of sp³-hybridized carbons (Fsp3) is 0.405. The van der Waals surface area contributed by atoms with Crippen molar-refractivity contribution in [1.82, 2.24) is 39.9 Å².